The molecular weight excluding hydrogens is 412 g/mol. The maximum Gasteiger partial charge on any atom is 0.242 e. The number of carbonyl (C=O) groups excluding carboxylic acids is 1. The minimum absolute atomic E-state index is 0.0164. The molecule has 1 fully saturated rings. The van der Waals surface area contributed by atoms with Crippen molar-refractivity contribution >= 4 is 5.91 Å². The van der Waals surface area contributed by atoms with E-state index in [9.17, 15) is 4.79 Å². The Kier molecular flexibility index (Phi) is 6.63. The number of ether oxygens (including phenoxy) is 1. The summed E-state index contributed by atoms with van der Waals surface area (Å²) in [4.78, 5) is 24.3. The van der Waals surface area contributed by atoms with E-state index in [1.54, 1.807) is 6.20 Å². The molecule has 6 heteroatoms. The van der Waals surface area contributed by atoms with Crippen molar-refractivity contribution in [3.8, 4) is 17.0 Å². The molecule has 2 aromatic carbocycles. The van der Waals surface area contributed by atoms with Gasteiger partial charge < -0.3 is 10.1 Å². The largest absolute Gasteiger partial charge is 0.476 e. The van der Waals surface area contributed by atoms with Crippen molar-refractivity contribution in [1.29, 1.82) is 0 Å². The lowest BCUT2D eigenvalue weighted by Gasteiger charge is -2.31. The second-order valence-electron chi connectivity index (χ2n) is 8.91. The Morgan fingerprint density at radius 2 is 1.85 bits per heavy atom. The molecule has 1 aromatic heterocycles. The fourth-order valence-electron chi connectivity index (χ4n) is 4.94. The minimum Gasteiger partial charge on any atom is -0.476 e. The Hall–Kier alpha value is -3.25. The van der Waals surface area contributed by atoms with Gasteiger partial charge in [0, 0.05) is 25.3 Å². The Balaban J connectivity index is 1.43. The fraction of sp³-hybridized carbons (Fsp3) is 0.370. The lowest BCUT2D eigenvalue weighted by molar-refractivity contribution is -0.127. The first-order chi connectivity index (χ1) is 16.3. The smallest absolute Gasteiger partial charge is 0.242 e. The number of carbonyl (C=O) groups is 1. The Morgan fingerprint density at radius 1 is 1.03 bits per heavy atom. The molecule has 33 heavy (non-hydrogen) atoms. The maximum atomic E-state index is 13.6. The highest BCUT2D eigenvalue weighted by Crippen LogP contribution is 2.32. The molecule has 1 unspecified atom stereocenters. The van der Waals surface area contributed by atoms with Gasteiger partial charge in [-0.1, -0.05) is 67.8 Å². The van der Waals surface area contributed by atoms with Crippen LogP contribution in [-0.4, -0.2) is 40.0 Å². The summed E-state index contributed by atoms with van der Waals surface area (Å²) < 4.78 is 5.91. The van der Waals surface area contributed by atoms with Crippen LogP contribution in [0.3, 0.4) is 0 Å². The molecule has 0 radical (unpaired) electrons. The number of hydrogen-bond donors (Lipinski definition) is 1. The van der Waals surface area contributed by atoms with Gasteiger partial charge in [0.1, 0.15) is 19.0 Å². The van der Waals surface area contributed by atoms with Gasteiger partial charge in [0.25, 0.3) is 0 Å². The van der Waals surface area contributed by atoms with Gasteiger partial charge in [-0.05, 0) is 35.6 Å². The summed E-state index contributed by atoms with van der Waals surface area (Å²) >= 11 is 0. The van der Waals surface area contributed by atoms with Gasteiger partial charge in [-0.2, -0.15) is 0 Å². The van der Waals surface area contributed by atoms with E-state index < -0.39 is 6.04 Å². The van der Waals surface area contributed by atoms with Crippen LogP contribution < -0.4 is 10.1 Å². The first-order valence-corrected chi connectivity index (χ1v) is 11.9. The van der Waals surface area contributed by atoms with Gasteiger partial charge in [-0.3, -0.25) is 9.69 Å². The summed E-state index contributed by atoms with van der Waals surface area (Å²) in [5.41, 5.74) is 4.25. The molecule has 1 aliphatic carbocycles. The van der Waals surface area contributed by atoms with Gasteiger partial charge in [-0.15, -0.1) is 0 Å². The van der Waals surface area contributed by atoms with Gasteiger partial charge >= 0.3 is 0 Å². The number of amides is 1. The molecule has 1 atom stereocenters. The van der Waals surface area contributed by atoms with Crippen molar-refractivity contribution < 1.29 is 9.53 Å². The summed E-state index contributed by atoms with van der Waals surface area (Å²) in [6.07, 6.45) is 8.91. The maximum absolute atomic E-state index is 13.6. The second kappa shape index (κ2) is 10.1. The Morgan fingerprint density at radius 3 is 2.70 bits per heavy atom. The van der Waals surface area contributed by atoms with Gasteiger partial charge in [-0.25, -0.2) is 9.97 Å². The monoisotopic (exact) mass is 442 g/mol. The van der Waals surface area contributed by atoms with Crippen LogP contribution in [0.15, 0.2) is 67.1 Å². The molecule has 2 aliphatic rings. The summed E-state index contributed by atoms with van der Waals surface area (Å²) in [5.74, 6) is 0.525. The van der Waals surface area contributed by atoms with Crippen LogP contribution in [0.4, 0.5) is 0 Å². The Labute approximate surface area is 195 Å². The zero-order chi connectivity index (χ0) is 22.5. The van der Waals surface area contributed by atoms with E-state index in [0.29, 0.717) is 25.6 Å². The molecule has 1 amide bonds. The quantitative estimate of drug-likeness (QED) is 0.629. The first-order valence-electron chi connectivity index (χ1n) is 11.9. The molecular formula is C27H30N4O2. The van der Waals surface area contributed by atoms with Crippen molar-refractivity contribution in [2.24, 2.45) is 0 Å². The highest BCUT2D eigenvalue weighted by Gasteiger charge is 2.34. The van der Waals surface area contributed by atoms with Crippen LogP contribution in [0, 0.1) is 0 Å². The van der Waals surface area contributed by atoms with E-state index in [1.807, 2.05) is 6.07 Å². The highest BCUT2D eigenvalue weighted by molar-refractivity contribution is 5.84. The Bertz CT molecular complexity index is 1080. The minimum atomic E-state index is -0.481. The molecule has 1 N–H and O–H groups in total. The average Bonchev–Trinajstić information content (AvgIpc) is 3.04. The molecule has 0 spiro atoms. The number of nitrogens with zero attached hydrogens (tertiary/aromatic N) is 3. The number of rotatable bonds is 5. The first kappa shape index (κ1) is 21.6. The molecule has 3 aromatic rings. The van der Waals surface area contributed by atoms with Crippen molar-refractivity contribution in [1.82, 2.24) is 20.2 Å². The number of aromatic nitrogens is 2. The number of nitrogens with one attached hydrogen (secondary N) is 1. The molecule has 6 nitrogen and oxygen atoms in total. The van der Waals surface area contributed by atoms with Gasteiger partial charge in [0.15, 0.2) is 0 Å². The van der Waals surface area contributed by atoms with E-state index in [0.717, 1.165) is 24.0 Å². The van der Waals surface area contributed by atoms with Crippen LogP contribution >= 0.6 is 0 Å². The van der Waals surface area contributed by atoms with Crippen molar-refractivity contribution in [2.45, 2.75) is 50.7 Å². The van der Waals surface area contributed by atoms with Crippen LogP contribution in [0.2, 0.25) is 0 Å². The summed E-state index contributed by atoms with van der Waals surface area (Å²) in [6.45, 7) is 1.76. The van der Waals surface area contributed by atoms with E-state index in [1.165, 1.54) is 36.7 Å². The third kappa shape index (κ3) is 5.06. The third-order valence-electron chi connectivity index (χ3n) is 6.60. The lowest BCUT2D eigenvalue weighted by Crippen LogP contribution is -2.45. The van der Waals surface area contributed by atoms with E-state index >= 15 is 0 Å². The summed E-state index contributed by atoms with van der Waals surface area (Å²) in [7, 11) is 0. The standard InChI is InChI=1S/C27H30N4O2/c32-26(30-23-12-5-2-6-13-23)25-24-17-28-19-29-27(24)33-15-14-31(25)18-20-8-7-11-22(16-20)21-9-3-1-4-10-21/h1,3-4,7-11,16-17,19,23,25H,2,5-6,12-15,18H2,(H,30,32). The van der Waals surface area contributed by atoms with E-state index in [4.69, 9.17) is 4.74 Å². The molecule has 0 bridgehead atoms. The highest BCUT2D eigenvalue weighted by atomic mass is 16.5. The van der Waals surface area contributed by atoms with Crippen molar-refractivity contribution in [3.63, 3.8) is 0 Å². The summed E-state index contributed by atoms with van der Waals surface area (Å²) in [5, 5.41) is 3.32. The topological polar surface area (TPSA) is 67.3 Å². The normalized spacial score (nSPS) is 19.2. The zero-order valence-electron chi connectivity index (χ0n) is 18.8. The zero-order valence-corrected chi connectivity index (χ0v) is 18.8. The SMILES string of the molecule is O=C(NC1CCCCC1)C1c2cncnc2OCCN1Cc1cccc(-c2ccccc2)c1. The molecule has 1 aliphatic heterocycles. The number of benzene rings is 2. The van der Waals surface area contributed by atoms with Crippen molar-refractivity contribution in [3.05, 3.63) is 78.2 Å². The lowest BCUT2D eigenvalue weighted by atomic mass is 9.95. The van der Waals surface area contributed by atoms with Crippen LogP contribution in [0.1, 0.15) is 49.3 Å². The predicted molar refractivity (Wildman–Crippen MR) is 128 cm³/mol. The number of fused-ring (bicyclic) bond motifs is 1. The van der Waals surface area contributed by atoms with E-state index in [-0.39, 0.29) is 11.9 Å². The molecule has 2 heterocycles. The van der Waals surface area contributed by atoms with Gasteiger partial charge in [0.05, 0.1) is 5.56 Å². The molecule has 170 valence electrons. The second-order valence-corrected chi connectivity index (χ2v) is 8.91. The predicted octanol–water partition coefficient (Wildman–Crippen LogP) is 4.53. The molecule has 1 saturated carbocycles. The van der Waals surface area contributed by atoms with Crippen molar-refractivity contribution in [2.75, 3.05) is 13.2 Å². The van der Waals surface area contributed by atoms with Crippen LogP contribution in [-0.2, 0) is 11.3 Å². The van der Waals surface area contributed by atoms with Gasteiger partial charge in [0.2, 0.25) is 11.8 Å². The average molecular weight is 443 g/mol. The van der Waals surface area contributed by atoms with E-state index in [2.05, 4.69) is 68.7 Å². The molecule has 5 rings (SSSR count). The summed E-state index contributed by atoms with van der Waals surface area (Å²) in [6, 6.07) is 18.7. The van der Waals surface area contributed by atoms with Crippen LogP contribution in [0.5, 0.6) is 5.88 Å². The third-order valence-corrected chi connectivity index (χ3v) is 6.60. The number of hydrogen-bond acceptors (Lipinski definition) is 5. The fourth-order valence-corrected chi connectivity index (χ4v) is 4.94. The van der Waals surface area contributed by atoms with Crippen LogP contribution in [0.25, 0.3) is 11.1 Å². The molecule has 0 saturated heterocycles.